The van der Waals surface area contributed by atoms with Crippen LogP contribution in [0.4, 0.5) is 4.39 Å². The van der Waals surface area contributed by atoms with Gasteiger partial charge in [0.2, 0.25) is 0 Å². The van der Waals surface area contributed by atoms with Gasteiger partial charge in [-0.1, -0.05) is 6.07 Å². The number of halogens is 1. The highest BCUT2D eigenvalue weighted by molar-refractivity contribution is 5.26. The molecule has 16 heavy (non-hydrogen) atoms. The molecule has 0 heterocycles. The van der Waals surface area contributed by atoms with Crippen LogP contribution in [0, 0.1) is 18.7 Å². The van der Waals surface area contributed by atoms with Gasteiger partial charge in [-0.2, -0.15) is 0 Å². The maximum absolute atomic E-state index is 13.0. The van der Waals surface area contributed by atoms with Gasteiger partial charge < -0.3 is 5.73 Å². The smallest absolute Gasteiger partial charge is 0.123 e. The zero-order chi connectivity index (χ0) is 11.5. The summed E-state index contributed by atoms with van der Waals surface area (Å²) < 4.78 is 13.0. The minimum absolute atomic E-state index is 0.132. The van der Waals surface area contributed by atoms with Crippen molar-refractivity contribution >= 4 is 0 Å². The molecule has 0 aromatic heterocycles. The average molecular weight is 221 g/mol. The molecule has 0 amide bonds. The lowest BCUT2D eigenvalue weighted by Gasteiger charge is -2.10. The van der Waals surface area contributed by atoms with Crippen LogP contribution in [0.1, 0.15) is 36.8 Å². The number of benzene rings is 1. The molecule has 1 atom stereocenters. The molecule has 1 aromatic rings. The van der Waals surface area contributed by atoms with E-state index in [2.05, 4.69) is 0 Å². The van der Waals surface area contributed by atoms with E-state index in [9.17, 15) is 4.39 Å². The van der Waals surface area contributed by atoms with Gasteiger partial charge in [0.05, 0.1) is 0 Å². The molecule has 0 saturated heterocycles. The van der Waals surface area contributed by atoms with Gasteiger partial charge in [0, 0.05) is 6.04 Å². The molecular formula is C14H20FN. The van der Waals surface area contributed by atoms with Gasteiger partial charge in [-0.3, -0.25) is 0 Å². The minimum atomic E-state index is -0.132. The van der Waals surface area contributed by atoms with Gasteiger partial charge in [0.1, 0.15) is 5.82 Å². The molecule has 1 nitrogen and oxygen atoms in total. The van der Waals surface area contributed by atoms with E-state index in [0.717, 1.165) is 30.7 Å². The summed E-state index contributed by atoms with van der Waals surface area (Å²) in [5.74, 6) is 0.640. The second kappa shape index (κ2) is 4.96. The quantitative estimate of drug-likeness (QED) is 0.812. The van der Waals surface area contributed by atoms with Crippen LogP contribution in [0.3, 0.4) is 0 Å². The predicted octanol–water partition coefficient (Wildman–Crippen LogP) is 3.19. The summed E-state index contributed by atoms with van der Waals surface area (Å²) in [5.41, 5.74) is 8.35. The third-order valence-electron chi connectivity index (χ3n) is 3.52. The van der Waals surface area contributed by atoms with E-state index < -0.39 is 0 Å². The molecule has 1 aliphatic rings. The Kier molecular flexibility index (Phi) is 3.59. The largest absolute Gasteiger partial charge is 0.327 e. The first kappa shape index (κ1) is 11.6. The summed E-state index contributed by atoms with van der Waals surface area (Å²) in [4.78, 5) is 0. The van der Waals surface area contributed by atoms with Crippen LogP contribution in [-0.2, 0) is 6.42 Å². The van der Waals surface area contributed by atoms with Gasteiger partial charge in [0.15, 0.2) is 0 Å². The highest BCUT2D eigenvalue weighted by Crippen LogP contribution is 2.33. The lowest BCUT2D eigenvalue weighted by atomic mass is 9.99. The Bertz CT molecular complexity index is 358. The van der Waals surface area contributed by atoms with E-state index in [-0.39, 0.29) is 5.82 Å². The summed E-state index contributed by atoms with van der Waals surface area (Å²) in [6.45, 7) is 2.04. The van der Waals surface area contributed by atoms with Crippen LogP contribution in [0.25, 0.3) is 0 Å². The van der Waals surface area contributed by atoms with E-state index >= 15 is 0 Å². The number of hydrogen-bond donors (Lipinski definition) is 1. The van der Waals surface area contributed by atoms with Gasteiger partial charge in [-0.25, -0.2) is 4.39 Å². The van der Waals surface area contributed by atoms with Crippen molar-refractivity contribution in [1.82, 2.24) is 0 Å². The monoisotopic (exact) mass is 221 g/mol. The highest BCUT2D eigenvalue weighted by atomic mass is 19.1. The minimum Gasteiger partial charge on any atom is -0.327 e. The number of aryl methyl sites for hydroxylation is 2. The SMILES string of the molecule is Cc1ccc(F)cc1CCCC(N)C1CC1. The number of hydrogen-bond acceptors (Lipinski definition) is 1. The van der Waals surface area contributed by atoms with E-state index in [4.69, 9.17) is 5.73 Å². The lowest BCUT2D eigenvalue weighted by Crippen LogP contribution is -2.22. The molecule has 1 fully saturated rings. The molecule has 0 bridgehead atoms. The standard InChI is InChI=1S/C14H20FN/c1-10-5-8-13(15)9-12(10)3-2-4-14(16)11-6-7-11/h5,8-9,11,14H,2-4,6-7,16H2,1H3. The fourth-order valence-electron chi connectivity index (χ4n) is 2.20. The van der Waals surface area contributed by atoms with Crippen LogP contribution in [-0.4, -0.2) is 6.04 Å². The molecule has 2 heteroatoms. The molecule has 1 unspecified atom stereocenters. The molecule has 1 aliphatic carbocycles. The first-order valence-electron chi connectivity index (χ1n) is 6.17. The Morgan fingerprint density at radius 2 is 2.19 bits per heavy atom. The first-order chi connectivity index (χ1) is 7.66. The van der Waals surface area contributed by atoms with Crippen LogP contribution in [0.5, 0.6) is 0 Å². The first-order valence-corrected chi connectivity index (χ1v) is 6.17. The van der Waals surface area contributed by atoms with Crippen LogP contribution in [0.2, 0.25) is 0 Å². The Hall–Kier alpha value is -0.890. The fraction of sp³-hybridized carbons (Fsp3) is 0.571. The zero-order valence-electron chi connectivity index (χ0n) is 9.88. The van der Waals surface area contributed by atoms with Crippen molar-refractivity contribution in [2.45, 2.75) is 45.1 Å². The van der Waals surface area contributed by atoms with Crippen molar-refractivity contribution in [2.75, 3.05) is 0 Å². The summed E-state index contributed by atoms with van der Waals surface area (Å²) >= 11 is 0. The molecule has 1 saturated carbocycles. The van der Waals surface area contributed by atoms with Crippen LogP contribution >= 0.6 is 0 Å². The molecule has 88 valence electrons. The van der Waals surface area contributed by atoms with Crippen molar-refractivity contribution in [3.05, 3.63) is 35.1 Å². The van der Waals surface area contributed by atoms with Crippen molar-refractivity contribution in [1.29, 1.82) is 0 Å². The summed E-state index contributed by atoms with van der Waals surface area (Å²) in [6.07, 6.45) is 5.70. The predicted molar refractivity (Wildman–Crippen MR) is 64.8 cm³/mol. The molecule has 0 aliphatic heterocycles. The maximum atomic E-state index is 13.0. The van der Waals surface area contributed by atoms with Gasteiger partial charge in [0.25, 0.3) is 0 Å². The third-order valence-corrected chi connectivity index (χ3v) is 3.52. The third kappa shape index (κ3) is 3.05. The number of nitrogens with two attached hydrogens (primary N) is 1. The van der Waals surface area contributed by atoms with E-state index in [0.29, 0.717) is 6.04 Å². The Labute approximate surface area is 96.9 Å². The summed E-state index contributed by atoms with van der Waals surface area (Å²) in [5, 5.41) is 0. The highest BCUT2D eigenvalue weighted by Gasteiger charge is 2.27. The van der Waals surface area contributed by atoms with Crippen LogP contribution < -0.4 is 5.73 Å². The molecule has 2 N–H and O–H groups in total. The Morgan fingerprint density at radius 1 is 1.44 bits per heavy atom. The zero-order valence-corrected chi connectivity index (χ0v) is 9.88. The van der Waals surface area contributed by atoms with Crippen molar-refractivity contribution in [2.24, 2.45) is 11.7 Å². The second-order valence-electron chi connectivity index (χ2n) is 4.96. The normalized spacial score (nSPS) is 17.4. The second-order valence-corrected chi connectivity index (χ2v) is 4.96. The van der Waals surface area contributed by atoms with E-state index in [1.807, 2.05) is 13.0 Å². The summed E-state index contributed by atoms with van der Waals surface area (Å²) in [7, 11) is 0. The topological polar surface area (TPSA) is 26.0 Å². The molecule has 0 spiro atoms. The Morgan fingerprint density at radius 3 is 2.88 bits per heavy atom. The van der Waals surface area contributed by atoms with Gasteiger partial charge in [-0.15, -0.1) is 0 Å². The van der Waals surface area contributed by atoms with Crippen molar-refractivity contribution < 1.29 is 4.39 Å². The van der Waals surface area contributed by atoms with Crippen molar-refractivity contribution in [3.63, 3.8) is 0 Å². The van der Waals surface area contributed by atoms with Gasteiger partial charge in [-0.05, 0) is 68.2 Å². The number of rotatable bonds is 5. The Balaban J connectivity index is 1.81. The molecule has 2 rings (SSSR count). The van der Waals surface area contributed by atoms with Crippen molar-refractivity contribution in [3.8, 4) is 0 Å². The summed E-state index contributed by atoms with van der Waals surface area (Å²) in [6, 6.07) is 5.40. The lowest BCUT2D eigenvalue weighted by molar-refractivity contribution is 0.527. The van der Waals surface area contributed by atoms with E-state index in [1.54, 1.807) is 6.07 Å². The molecule has 1 aromatic carbocycles. The van der Waals surface area contributed by atoms with E-state index in [1.165, 1.54) is 24.5 Å². The molecule has 0 radical (unpaired) electrons. The fourth-order valence-corrected chi connectivity index (χ4v) is 2.20. The maximum Gasteiger partial charge on any atom is 0.123 e. The van der Waals surface area contributed by atoms with Gasteiger partial charge >= 0.3 is 0 Å². The average Bonchev–Trinajstić information content (AvgIpc) is 3.06. The molecular weight excluding hydrogens is 201 g/mol. The van der Waals surface area contributed by atoms with Crippen LogP contribution in [0.15, 0.2) is 18.2 Å².